The molecule has 0 aliphatic carbocycles. The van der Waals surface area contributed by atoms with Gasteiger partial charge in [0.2, 0.25) is 0 Å². The van der Waals surface area contributed by atoms with Gasteiger partial charge in [-0.3, -0.25) is 9.59 Å². The predicted molar refractivity (Wildman–Crippen MR) is 101 cm³/mol. The lowest BCUT2D eigenvalue weighted by Gasteiger charge is -2.25. The zero-order valence-electron chi connectivity index (χ0n) is 15.6. The molecular formula is C18H20N4O5S. The fourth-order valence-electron chi connectivity index (χ4n) is 2.56. The van der Waals surface area contributed by atoms with Crippen LogP contribution in [-0.4, -0.2) is 36.3 Å². The van der Waals surface area contributed by atoms with E-state index >= 15 is 0 Å². The highest BCUT2D eigenvalue weighted by atomic mass is 32.2. The molecule has 1 aliphatic rings. The van der Waals surface area contributed by atoms with Crippen LogP contribution in [0.25, 0.3) is 0 Å². The van der Waals surface area contributed by atoms with Crippen LogP contribution in [0.4, 0.5) is 5.69 Å². The molecule has 10 heteroatoms. The zero-order chi connectivity index (χ0) is 20.5. The second-order valence-corrected chi connectivity index (χ2v) is 8.26. The molecule has 0 radical (unpaired) electrons. The molecule has 1 aromatic heterocycles. The Hall–Kier alpha value is -3.01. The van der Waals surface area contributed by atoms with Crippen molar-refractivity contribution < 1.29 is 22.7 Å². The van der Waals surface area contributed by atoms with E-state index in [2.05, 4.69) is 15.3 Å². The molecule has 3 rings (SSSR count). The number of carbonyl (C=O) groups excluding carboxylic acids is 2. The van der Waals surface area contributed by atoms with Gasteiger partial charge in [-0.25, -0.2) is 23.1 Å². The molecule has 0 spiro atoms. The van der Waals surface area contributed by atoms with Gasteiger partial charge < -0.3 is 10.1 Å². The van der Waals surface area contributed by atoms with Crippen molar-refractivity contribution in [1.29, 1.82) is 0 Å². The fraction of sp³-hybridized carbons (Fsp3) is 0.333. The van der Waals surface area contributed by atoms with E-state index in [4.69, 9.17) is 4.74 Å². The summed E-state index contributed by atoms with van der Waals surface area (Å²) in [7, 11) is -4.17. The number of nitrogens with one attached hydrogen (secondary N) is 2. The second kappa shape index (κ2) is 7.55. The number of fused-ring (bicyclic) bond motifs is 1. The molecule has 2 amide bonds. The number of amides is 2. The van der Waals surface area contributed by atoms with E-state index in [0.717, 1.165) is 0 Å². The number of anilines is 1. The van der Waals surface area contributed by atoms with Crippen molar-refractivity contribution in [2.75, 3.05) is 5.32 Å². The van der Waals surface area contributed by atoms with Crippen molar-refractivity contribution in [2.24, 2.45) is 0 Å². The standard InChI is InChI=1S/C18H20N4O5S/c1-4-14-18(24)21-13-7-12(5-6-15(13)27-14)28(25,26)22-17(23)11-8-19-16(10(2)3)20-9-11/h5-10,14H,4H2,1-3H3,(H,21,24)(H,22,23)/t14-/m1/s1. The number of aromatic nitrogens is 2. The first-order chi connectivity index (χ1) is 13.2. The second-order valence-electron chi connectivity index (χ2n) is 6.58. The van der Waals surface area contributed by atoms with Gasteiger partial charge in [-0.1, -0.05) is 20.8 Å². The van der Waals surface area contributed by atoms with Crippen molar-refractivity contribution in [3.63, 3.8) is 0 Å². The summed E-state index contributed by atoms with van der Waals surface area (Å²) < 4.78 is 32.6. The van der Waals surface area contributed by atoms with Gasteiger partial charge in [-0.15, -0.1) is 0 Å². The molecule has 1 aliphatic heterocycles. The molecule has 0 fully saturated rings. The lowest BCUT2D eigenvalue weighted by molar-refractivity contribution is -0.123. The van der Waals surface area contributed by atoms with E-state index in [1.807, 2.05) is 18.6 Å². The highest BCUT2D eigenvalue weighted by molar-refractivity contribution is 7.90. The van der Waals surface area contributed by atoms with E-state index in [0.29, 0.717) is 18.0 Å². The molecule has 0 saturated heterocycles. The molecule has 1 aromatic carbocycles. The van der Waals surface area contributed by atoms with E-state index in [-0.39, 0.29) is 28.0 Å². The topological polar surface area (TPSA) is 127 Å². The van der Waals surface area contributed by atoms with Crippen LogP contribution in [0.2, 0.25) is 0 Å². The third-order valence-electron chi connectivity index (χ3n) is 4.13. The third-order valence-corrected chi connectivity index (χ3v) is 5.46. The SMILES string of the molecule is CC[C@H]1Oc2ccc(S(=O)(=O)NC(=O)c3cnc(C(C)C)nc3)cc2NC1=O. The molecule has 28 heavy (non-hydrogen) atoms. The summed E-state index contributed by atoms with van der Waals surface area (Å²) in [5.74, 6) is -0.193. The van der Waals surface area contributed by atoms with Crippen LogP contribution in [-0.2, 0) is 14.8 Å². The number of hydrogen-bond donors (Lipinski definition) is 2. The zero-order valence-corrected chi connectivity index (χ0v) is 16.4. The van der Waals surface area contributed by atoms with Crippen molar-refractivity contribution in [1.82, 2.24) is 14.7 Å². The lowest BCUT2D eigenvalue weighted by atomic mass is 10.2. The Morgan fingerprint density at radius 3 is 2.57 bits per heavy atom. The van der Waals surface area contributed by atoms with E-state index in [1.54, 1.807) is 6.92 Å². The normalized spacial score (nSPS) is 16.1. The fourth-order valence-corrected chi connectivity index (χ4v) is 3.56. The molecule has 1 atom stereocenters. The predicted octanol–water partition coefficient (Wildman–Crippen LogP) is 1.83. The van der Waals surface area contributed by atoms with Crippen molar-refractivity contribution in [3.05, 3.63) is 42.0 Å². The number of carbonyl (C=O) groups is 2. The maximum atomic E-state index is 12.6. The molecule has 0 bridgehead atoms. The largest absolute Gasteiger partial charge is 0.478 e. The number of ether oxygens (including phenoxy) is 1. The molecule has 9 nitrogen and oxygen atoms in total. The van der Waals surface area contributed by atoms with Gasteiger partial charge in [0.25, 0.3) is 21.8 Å². The maximum Gasteiger partial charge on any atom is 0.268 e. The number of benzene rings is 1. The van der Waals surface area contributed by atoms with E-state index < -0.39 is 22.0 Å². The summed E-state index contributed by atoms with van der Waals surface area (Å²) in [6.45, 7) is 5.61. The minimum absolute atomic E-state index is 0.0216. The van der Waals surface area contributed by atoms with Crippen LogP contribution in [0.15, 0.2) is 35.5 Å². The number of nitrogens with zero attached hydrogens (tertiary/aromatic N) is 2. The molecule has 148 valence electrons. The Morgan fingerprint density at radius 2 is 1.96 bits per heavy atom. The highest BCUT2D eigenvalue weighted by Crippen LogP contribution is 2.32. The van der Waals surface area contributed by atoms with Crippen LogP contribution in [0.1, 0.15) is 49.3 Å². The van der Waals surface area contributed by atoms with Gasteiger partial charge in [0, 0.05) is 18.3 Å². The van der Waals surface area contributed by atoms with Crippen LogP contribution in [0, 0.1) is 0 Å². The first-order valence-electron chi connectivity index (χ1n) is 8.72. The number of hydrogen-bond acceptors (Lipinski definition) is 7. The molecular weight excluding hydrogens is 384 g/mol. The maximum absolute atomic E-state index is 12.6. The Morgan fingerprint density at radius 1 is 1.29 bits per heavy atom. The van der Waals surface area contributed by atoms with Crippen molar-refractivity contribution in [3.8, 4) is 5.75 Å². The van der Waals surface area contributed by atoms with Crippen LogP contribution in [0.5, 0.6) is 5.75 Å². The number of rotatable bonds is 5. The van der Waals surface area contributed by atoms with E-state index in [1.165, 1.54) is 30.6 Å². The average molecular weight is 404 g/mol. The Labute approximate surface area is 162 Å². The van der Waals surface area contributed by atoms with Crippen molar-refractivity contribution >= 4 is 27.5 Å². The Balaban J connectivity index is 1.80. The quantitative estimate of drug-likeness (QED) is 0.778. The summed E-state index contributed by atoms with van der Waals surface area (Å²) in [6.07, 6.45) is 2.42. The lowest BCUT2D eigenvalue weighted by Crippen LogP contribution is -2.36. The summed E-state index contributed by atoms with van der Waals surface area (Å²) in [5.41, 5.74) is 0.253. The van der Waals surface area contributed by atoms with Gasteiger partial charge in [0.15, 0.2) is 6.10 Å². The minimum atomic E-state index is -4.17. The molecule has 2 heterocycles. The third kappa shape index (κ3) is 3.96. The molecule has 0 saturated carbocycles. The van der Waals surface area contributed by atoms with Gasteiger partial charge in [-0.05, 0) is 24.6 Å². The number of sulfonamides is 1. The first kappa shape index (κ1) is 19.7. The molecule has 2 aromatic rings. The van der Waals surface area contributed by atoms with Gasteiger partial charge >= 0.3 is 0 Å². The smallest absolute Gasteiger partial charge is 0.268 e. The summed E-state index contributed by atoms with van der Waals surface area (Å²) in [5, 5.41) is 2.61. The minimum Gasteiger partial charge on any atom is -0.478 e. The summed E-state index contributed by atoms with van der Waals surface area (Å²) in [6, 6.07) is 3.99. The summed E-state index contributed by atoms with van der Waals surface area (Å²) >= 11 is 0. The summed E-state index contributed by atoms with van der Waals surface area (Å²) in [4.78, 5) is 32.1. The Bertz CT molecular complexity index is 1020. The van der Waals surface area contributed by atoms with Gasteiger partial charge in [-0.2, -0.15) is 0 Å². The Kier molecular flexibility index (Phi) is 5.32. The van der Waals surface area contributed by atoms with Gasteiger partial charge in [0.05, 0.1) is 16.1 Å². The monoisotopic (exact) mass is 404 g/mol. The van der Waals surface area contributed by atoms with Crippen LogP contribution >= 0.6 is 0 Å². The van der Waals surface area contributed by atoms with E-state index in [9.17, 15) is 18.0 Å². The highest BCUT2D eigenvalue weighted by Gasteiger charge is 2.28. The van der Waals surface area contributed by atoms with Crippen LogP contribution < -0.4 is 14.8 Å². The first-order valence-corrected chi connectivity index (χ1v) is 10.2. The average Bonchev–Trinajstić information content (AvgIpc) is 2.66. The molecule has 2 N–H and O–H groups in total. The van der Waals surface area contributed by atoms with Crippen molar-refractivity contribution in [2.45, 2.75) is 44.1 Å². The van der Waals surface area contributed by atoms with Gasteiger partial charge in [0.1, 0.15) is 11.6 Å². The molecule has 0 unspecified atom stereocenters. The van der Waals surface area contributed by atoms with Crippen LogP contribution in [0.3, 0.4) is 0 Å².